The maximum absolute atomic E-state index is 12.7. The molecule has 2 heterocycles. The van der Waals surface area contributed by atoms with E-state index in [9.17, 15) is 14.4 Å². The topological polar surface area (TPSA) is 96.3 Å². The Hall–Kier alpha value is -3.68. The van der Waals surface area contributed by atoms with Crippen LogP contribution in [0.4, 0.5) is 5.69 Å². The molecule has 3 aromatic rings. The molecule has 1 aliphatic rings. The smallest absolute Gasteiger partial charge is 0.274 e. The highest BCUT2D eigenvalue weighted by Gasteiger charge is 2.17. The number of nitrogens with zero attached hydrogens (tertiary/aromatic N) is 3. The summed E-state index contributed by atoms with van der Waals surface area (Å²) in [7, 11) is 1.53. The van der Waals surface area contributed by atoms with E-state index in [1.165, 1.54) is 11.7 Å². The molecule has 0 atom stereocenters. The molecule has 8 nitrogen and oxygen atoms in total. The second-order valence-electron chi connectivity index (χ2n) is 6.94. The molecule has 8 heteroatoms. The lowest BCUT2D eigenvalue weighted by Crippen LogP contribution is -2.47. The van der Waals surface area contributed by atoms with E-state index in [4.69, 9.17) is 0 Å². The van der Waals surface area contributed by atoms with E-state index < -0.39 is 0 Å². The summed E-state index contributed by atoms with van der Waals surface area (Å²) in [6.45, 7) is 2.09. The van der Waals surface area contributed by atoms with Crippen molar-refractivity contribution in [1.82, 2.24) is 20.4 Å². The van der Waals surface area contributed by atoms with Gasteiger partial charge in [-0.05, 0) is 23.8 Å². The van der Waals surface area contributed by atoms with E-state index in [2.05, 4.69) is 15.7 Å². The maximum Gasteiger partial charge on any atom is 0.274 e. The number of hydrogen-bond donors (Lipinski definition) is 2. The van der Waals surface area contributed by atoms with Crippen LogP contribution in [0.25, 0.3) is 10.8 Å². The number of hydrogen-bond acceptors (Lipinski definition) is 5. The van der Waals surface area contributed by atoms with Gasteiger partial charge in [-0.15, -0.1) is 0 Å². The fourth-order valence-electron chi connectivity index (χ4n) is 3.42. The van der Waals surface area contributed by atoms with Gasteiger partial charge in [0.1, 0.15) is 0 Å². The van der Waals surface area contributed by atoms with Crippen LogP contribution in [0.2, 0.25) is 0 Å². The van der Waals surface area contributed by atoms with Gasteiger partial charge in [0.2, 0.25) is 5.91 Å². The fraction of sp³-hybridized carbons (Fsp3) is 0.238. The molecule has 29 heavy (non-hydrogen) atoms. The molecule has 0 aliphatic carbocycles. The number of benzene rings is 2. The summed E-state index contributed by atoms with van der Waals surface area (Å²) in [5.74, 6) is -0.321. The van der Waals surface area contributed by atoms with Gasteiger partial charge in [-0.2, -0.15) is 5.10 Å². The predicted molar refractivity (Wildman–Crippen MR) is 110 cm³/mol. The number of fused-ring (bicyclic) bond motifs is 1. The Kier molecular flexibility index (Phi) is 4.99. The highest BCUT2D eigenvalue weighted by atomic mass is 16.2. The largest absolute Gasteiger partial charge is 0.360 e. The molecule has 0 spiro atoms. The van der Waals surface area contributed by atoms with Crippen LogP contribution in [0.3, 0.4) is 0 Å². The summed E-state index contributed by atoms with van der Waals surface area (Å²) in [5.41, 5.74) is 1.89. The lowest BCUT2D eigenvalue weighted by atomic mass is 10.1. The summed E-state index contributed by atoms with van der Waals surface area (Å²) >= 11 is 0. The zero-order valence-corrected chi connectivity index (χ0v) is 16.0. The number of piperazine rings is 1. The molecular weight excluding hydrogens is 370 g/mol. The van der Waals surface area contributed by atoms with Crippen LogP contribution >= 0.6 is 0 Å². The van der Waals surface area contributed by atoms with Crippen LogP contribution in [-0.4, -0.2) is 41.2 Å². The van der Waals surface area contributed by atoms with E-state index in [1.54, 1.807) is 24.3 Å². The number of aromatic nitrogens is 2. The average Bonchev–Trinajstić information content (AvgIpc) is 2.75. The number of carbonyl (C=O) groups is 2. The third-order valence-electron chi connectivity index (χ3n) is 4.96. The van der Waals surface area contributed by atoms with Gasteiger partial charge >= 0.3 is 0 Å². The molecule has 1 fully saturated rings. The Labute approximate surface area is 167 Å². The Morgan fingerprint density at radius 3 is 2.55 bits per heavy atom. The molecule has 0 unspecified atom stereocenters. The lowest BCUT2D eigenvalue weighted by Gasteiger charge is -2.28. The number of aryl methyl sites for hydroxylation is 1. The molecule has 0 bridgehead atoms. The molecule has 0 radical (unpaired) electrons. The Bertz CT molecular complexity index is 1140. The van der Waals surface area contributed by atoms with Gasteiger partial charge in [-0.25, -0.2) is 4.68 Å². The first-order valence-corrected chi connectivity index (χ1v) is 9.38. The number of amides is 2. The first-order valence-electron chi connectivity index (χ1n) is 9.38. The Balaban J connectivity index is 1.48. The molecule has 1 aliphatic heterocycles. The van der Waals surface area contributed by atoms with Crippen molar-refractivity contribution >= 4 is 28.3 Å². The SMILES string of the molecule is Cn1nc(C(=O)NCc2ccc(N3CCNC(=O)C3)cc2)c2ccccc2c1=O. The zero-order valence-electron chi connectivity index (χ0n) is 16.0. The van der Waals surface area contributed by atoms with Crippen LogP contribution < -0.4 is 21.1 Å². The van der Waals surface area contributed by atoms with Crippen molar-refractivity contribution in [2.45, 2.75) is 6.54 Å². The van der Waals surface area contributed by atoms with E-state index >= 15 is 0 Å². The summed E-state index contributed by atoms with van der Waals surface area (Å²) < 4.78 is 1.18. The summed E-state index contributed by atoms with van der Waals surface area (Å²) in [4.78, 5) is 38.5. The molecule has 2 aromatic carbocycles. The predicted octanol–water partition coefficient (Wildman–Crippen LogP) is 0.800. The molecule has 1 saturated heterocycles. The van der Waals surface area contributed by atoms with Crippen molar-refractivity contribution in [3.8, 4) is 0 Å². The zero-order chi connectivity index (χ0) is 20.4. The van der Waals surface area contributed by atoms with Gasteiger partial charge in [0.25, 0.3) is 11.5 Å². The van der Waals surface area contributed by atoms with Crippen molar-refractivity contribution in [3.63, 3.8) is 0 Å². The monoisotopic (exact) mass is 391 g/mol. The quantitative estimate of drug-likeness (QED) is 0.686. The van der Waals surface area contributed by atoms with Crippen molar-refractivity contribution < 1.29 is 9.59 Å². The molecule has 148 valence electrons. The second-order valence-corrected chi connectivity index (χ2v) is 6.94. The van der Waals surface area contributed by atoms with Crippen LogP contribution in [0, 0.1) is 0 Å². The highest BCUT2D eigenvalue weighted by Crippen LogP contribution is 2.17. The normalized spacial score (nSPS) is 14.0. The standard InChI is InChI=1S/C21H21N5O3/c1-25-21(29)17-5-3-2-4-16(17)19(24-25)20(28)23-12-14-6-8-15(9-7-14)26-11-10-22-18(27)13-26/h2-9H,10-13H2,1H3,(H,22,27)(H,23,28). The minimum atomic E-state index is -0.339. The van der Waals surface area contributed by atoms with Gasteiger partial charge in [0.05, 0.1) is 11.9 Å². The first kappa shape index (κ1) is 18.7. The Morgan fingerprint density at radius 1 is 1.10 bits per heavy atom. The van der Waals surface area contributed by atoms with E-state index in [1.807, 2.05) is 29.2 Å². The van der Waals surface area contributed by atoms with Crippen LogP contribution in [0.5, 0.6) is 0 Å². The summed E-state index contributed by atoms with van der Waals surface area (Å²) in [6, 6.07) is 14.7. The van der Waals surface area contributed by atoms with E-state index in [0.29, 0.717) is 30.4 Å². The summed E-state index contributed by atoms with van der Waals surface area (Å²) in [6.07, 6.45) is 0. The molecule has 2 amide bonds. The average molecular weight is 391 g/mol. The van der Waals surface area contributed by atoms with Crippen molar-refractivity contribution in [2.24, 2.45) is 7.05 Å². The van der Waals surface area contributed by atoms with E-state index in [-0.39, 0.29) is 23.1 Å². The van der Waals surface area contributed by atoms with Crippen LogP contribution in [-0.2, 0) is 18.4 Å². The molecule has 2 N–H and O–H groups in total. The number of nitrogens with one attached hydrogen (secondary N) is 2. The Morgan fingerprint density at radius 2 is 1.83 bits per heavy atom. The number of carbonyl (C=O) groups excluding carboxylic acids is 2. The highest BCUT2D eigenvalue weighted by molar-refractivity contribution is 6.04. The first-order chi connectivity index (χ1) is 14.0. The van der Waals surface area contributed by atoms with Crippen molar-refractivity contribution in [3.05, 3.63) is 70.1 Å². The minimum Gasteiger partial charge on any atom is -0.360 e. The van der Waals surface area contributed by atoms with Gasteiger partial charge in [-0.3, -0.25) is 14.4 Å². The lowest BCUT2D eigenvalue weighted by molar-refractivity contribution is -0.120. The maximum atomic E-state index is 12.7. The van der Waals surface area contributed by atoms with Gasteiger partial charge in [0, 0.05) is 37.8 Å². The second kappa shape index (κ2) is 7.75. The van der Waals surface area contributed by atoms with E-state index in [0.717, 1.165) is 17.8 Å². The van der Waals surface area contributed by atoms with Gasteiger partial charge in [0.15, 0.2) is 5.69 Å². The number of anilines is 1. The van der Waals surface area contributed by atoms with Gasteiger partial charge in [-0.1, -0.05) is 30.3 Å². The molecule has 4 rings (SSSR count). The van der Waals surface area contributed by atoms with Crippen LogP contribution in [0.1, 0.15) is 16.1 Å². The van der Waals surface area contributed by atoms with Crippen LogP contribution in [0.15, 0.2) is 53.3 Å². The molecule has 0 saturated carbocycles. The third-order valence-corrected chi connectivity index (χ3v) is 4.96. The third kappa shape index (κ3) is 3.82. The minimum absolute atomic E-state index is 0.0181. The summed E-state index contributed by atoms with van der Waals surface area (Å²) in [5, 5.41) is 10.8. The molecule has 1 aromatic heterocycles. The number of rotatable bonds is 4. The van der Waals surface area contributed by atoms with Crippen molar-refractivity contribution in [2.75, 3.05) is 24.5 Å². The van der Waals surface area contributed by atoms with Crippen molar-refractivity contribution in [1.29, 1.82) is 0 Å². The van der Waals surface area contributed by atoms with Gasteiger partial charge < -0.3 is 15.5 Å². The molecular formula is C21H21N5O3. The fourth-order valence-corrected chi connectivity index (χ4v) is 3.42.